The number of thioether (sulfide) groups is 2. The van der Waals surface area contributed by atoms with Gasteiger partial charge in [-0.25, -0.2) is 4.98 Å². The molecule has 0 N–H and O–H groups in total. The minimum absolute atomic E-state index is 0.0189. The number of rotatable bonds is 4. The molecule has 1 aliphatic heterocycles. The summed E-state index contributed by atoms with van der Waals surface area (Å²) in [7, 11) is 0. The van der Waals surface area contributed by atoms with Gasteiger partial charge < -0.3 is 0 Å². The number of halogens is 1. The molecule has 1 aliphatic rings. The number of benzene rings is 2. The summed E-state index contributed by atoms with van der Waals surface area (Å²) in [4.78, 5) is 18.6. The molecule has 2 aromatic carbocycles. The molecule has 0 atom stereocenters. The molecule has 0 bridgehead atoms. The van der Waals surface area contributed by atoms with Gasteiger partial charge in [-0.05, 0) is 29.8 Å². The van der Waals surface area contributed by atoms with Crippen LogP contribution >= 0.6 is 35.1 Å². The zero-order chi connectivity index (χ0) is 17.2. The van der Waals surface area contributed by atoms with Crippen molar-refractivity contribution in [1.29, 1.82) is 0 Å². The third-order valence-electron chi connectivity index (χ3n) is 3.96. The summed E-state index contributed by atoms with van der Waals surface area (Å²) in [5.74, 6) is 1.69. The molecule has 0 amide bonds. The molecule has 126 valence electrons. The van der Waals surface area contributed by atoms with Crippen LogP contribution in [-0.4, -0.2) is 15.3 Å². The Kier molecular flexibility index (Phi) is 4.88. The first-order valence-corrected chi connectivity index (χ1v) is 10.3. The van der Waals surface area contributed by atoms with E-state index in [0.717, 1.165) is 39.4 Å². The first kappa shape index (κ1) is 16.8. The van der Waals surface area contributed by atoms with Crippen molar-refractivity contribution in [2.24, 2.45) is 0 Å². The average Bonchev–Trinajstić information content (AvgIpc) is 3.11. The van der Waals surface area contributed by atoms with Gasteiger partial charge in [0.15, 0.2) is 5.16 Å². The molecule has 25 heavy (non-hydrogen) atoms. The van der Waals surface area contributed by atoms with Crippen LogP contribution < -0.4 is 5.56 Å². The van der Waals surface area contributed by atoms with Gasteiger partial charge in [0.05, 0.1) is 16.3 Å². The van der Waals surface area contributed by atoms with Crippen molar-refractivity contribution in [1.82, 2.24) is 9.55 Å². The lowest BCUT2D eigenvalue weighted by molar-refractivity contribution is 0.739. The van der Waals surface area contributed by atoms with E-state index in [1.165, 1.54) is 5.56 Å². The Bertz CT molecular complexity index is 956. The highest BCUT2D eigenvalue weighted by Gasteiger charge is 2.22. The smallest absolute Gasteiger partial charge is 0.268 e. The number of hydrogen-bond donors (Lipinski definition) is 0. The third-order valence-corrected chi connectivity index (χ3v) is 6.33. The Morgan fingerprint density at radius 3 is 2.64 bits per heavy atom. The van der Waals surface area contributed by atoms with Gasteiger partial charge in [-0.1, -0.05) is 53.7 Å². The summed E-state index contributed by atoms with van der Waals surface area (Å²) in [6.07, 6.45) is 0.857. The van der Waals surface area contributed by atoms with Gasteiger partial charge >= 0.3 is 0 Å². The second kappa shape index (κ2) is 7.28. The highest BCUT2D eigenvalue weighted by atomic mass is 35.5. The van der Waals surface area contributed by atoms with Crippen molar-refractivity contribution in [3.05, 3.63) is 81.2 Å². The van der Waals surface area contributed by atoms with E-state index in [0.29, 0.717) is 5.02 Å². The first-order chi connectivity index (χ1) is 12.2. The van der Waals surface area contributed by atoms with Crippen molar-refractivity contribution in [3.63, 3.8) is 0 Å². The molecular formula is C19H15ClN2OS2. The van der Waals surface area contributed by atoms with Crippen molar-refractivity contribution < 1.29 is 0 Å². The molecular weight excluding hydrogens is 372 g/mol. The molecule has 1 aromatic heterocycles. The molecule has 0 radical (unpaired) electrons. The van der Waals surface area contributed by atoms with Gasteiger partial charge in [0, 0.05) is 22.9 Å². The average molecular weight is 387 g/mol. The molecule has 0 saturated heterocycles. The predicted molar refractivity (Wildman–Crippen MR) is 105 cm³/mol. The largest absolute Gasteiger partial charge is 0.272 e. The summed E-state index contributed by atoms with van der Waals surface area (Å²) in [6, 6.07) is 17.5. The molecule has 0 spiro atoms. The van der Waals surface area contributed by atoms with Crippen LogP contribution in [0.25, 0.3) is 5.69 Å². The normalized spacial score (nSPS) is 13.0. The molecule has 4 rings (SSSR count). The standard InChI is InChI=1S/C19H15ClN2OS2/c20-14-6-8-15(9-7-14)22-18(23)17-16(10-11-24-17)21-19(22)25-12-13-4-2-1-3-5-13/h1-9H,10-12H2. The Hall–Kier alpha value is -1.69. The van der Waals surface area contributed by atoms with E-state index in [9.17, 15) is 4.79 Å². The van der Waals surface area contributed by atoms with Crippen LogP contribution in [0.3, 0.4) is 0 Å². The van der Waals surface area contributed by atoms with Crippen molar-refractivity contribution >= 4 is 35.1 Å². The lowest BCUT2D eigenvalue weighted by Gasteiger charge is -2.14. The molecule has 0 saturated carbocycles. The van der Waals surface area contributed by atoms with Crippen LogP contribution in [0, 0.1) is 0 Å². The van der Waals surface area contributed by atoms with Crippen LogP contribution in [0.4, 0.5) is 0 Å². The molecule has 2 heterocycles. The molecule has 0 aliphatic carbocycles. The monoisotopic (exact) mass is 386 g/mol. The zero-order valence-electron chi connectivity index (χ0n) is 13.3. The molecule has 0 unspecified atom stereocenters. The number of fused-ring (bicyclic) bond motifs is 1. The number of aryl methyl sites for hydroxylation is 1. The fraction of sp³-hybridized carbons (Fsp3) is 0.158. The van der Waals surface area contributed by atoms with E-state index >= 15 is 0 Å². The Morgan fingerprint density at radius 1 is 1.12 bits per heavy atom. The molecule has 3 nitrogen and oxygen atoms in total. The fourth-order valence-electron chi connectivity index (χ4n) is 2.73. The second-order valence-electron chi connectivity index (χ2n) is 5.66. The lowest BCUT2D eigenvalue weighted by atomic mass is 10.2. The quantitative estimate of drug-likeness (QED) is 0.475. The topological polar surface area (TPSA) is 34.9 Å². The van der Waals surface area contributed by atoms with Crippen LogP contribution in [0.5, 0.6) is 0 Å². The molecule has 0 fully saturated rings. The van der Waals surface area contributed by atoms with Gasteiger partial charge in [-0.3, -0.25) is 9.36 Å². The van der Waals surface area contributed by atoms with E-state index in [1.54, 1.807) is 40.2 Å². The van der Waals surface area contributed by atoms with Crippen molar-refractivity contribution in [2.45, 2.75) is 22.2 Å². The SMILES string of the molecule is O=c1c2c(nc(SCc3ccccc3)n1-c1ccc(Cl)cc1)CCS2. The first-order valence-electron chi connectivity index (χ1n) is 7.94. The van der Waals surface area contributed by atoms with E-state index in [2.05, 4.69) is 12.1 Å². The van der Waals surface area contributed by atoms with Gasteiger partial charge in [-0.2, -0.15) is 0 Å². The maximum absolute atomic E-state index is 13.0. The lowest BCUT2D eigenvalue weighted by Crippen LogP contribution is -2.23. The number of aromatic nitrogens is 2. The Labute approximate surface area is 159 Å². The third kappa shape index (κ3) is 3.50. The van der Waals surface area contributed by atoms with Gasteiger partial charge in [0.2, 0.25) is 0 Å². The Balaban J connectivity index is 1.77. The zero-order valence-corrected chi connectivity index (χ0v) is 15.7. The maximum Gasteiger partial charge on any atom is 0.272 e. The van der Waals surface area contributed by atoms with Crippen molar-refractivity contribution in [2.75, 3.05) is 5.75 Å². The number of nitrogens with zero attached hydrogens (tertiary/aromatic N) is 2. The predicted octanol–water partition coefficient (Wildman–Crippen LogP) is 4.83. The maximum atomic E-state index is 13.0. The minimum Gasteiger partial charge on any atom is -0.268 e. The Morgan fingerprint density at radius 2 is 1.88 bits per heavy atom. The molecule has 6 heteroatoms. The molecule has 3 aromatic rings. The van der Waals surface area contributed by atoms with Gasteiger partial charge in [0.25, 0.3) is 5.56 Å². The number of hydrogen-bond acceptors (Lipinski definition) is 4. The van der Waals surface area contributed by atoms with Gasteiger partial charge in [-0.15, -0.1) is 11.8 Å². The van der Waals surface area contributed by atoms with E-state index < -0.39 is 0 Å². The second-order valence-corrected chi connectivity index (χ2v) is 8.14. The van der Waals surface area contributed by atoms with Crippen LogP contribution in [0.1, 0.15) is 11.3 Å². The summed E-state index contributed by atoms with van der Waals surface area (Å²) in [6.45, 7) is 0. The highest BCUT2D eigenvalue weighted by molar-refractivity contribution is 7.99. The summed E-state index contributed by atoms with van der Waals surface area (Å²) < 4.78 is 1.71. The van der Waals surface area contributed by atoms with Gasteiger partial charge in [0.1, 0.15) is 0 Å². The van der Waals surface area contributed by atoms with E-state index in [1.807, 2.05) is 30.3 Å². The summed E-state index contributed by atoms with van der Waals surface area (Å²) in [5, 5.41) is 1.39. The van der Waals surface area contributed by atoms with E-state index in [-0.39, 0.29) is 5.56 Å². The van der Waals surface area contributed by atoms with E-state index in [4.69, 9.17) is 16.6 Å². The summed E-state index contributed by atoms with van der Waals surface area (Å²) in [5.41, 5.74) is 2.95. The van der Waals surface area contributed by atoms with Crippen LogP contribution in [0.2, 0.25) is 5.02 Å². The van der Waals surface area contributed by atoms with Crippen molar-refractivity contribution in [3.8, 4) is 5.69 Å². The fourth-order valence-corrected chi connectivity index (χ4v) is 4.86. The van der Waals surface area contributed by atoms with Crippen LogP contribution in [0.15, 0.2) is 69.4 Å². The minimum atomic E-state index is 0.0189. The highest BCUT2D eigenvalue weighted by Crippen LogP contribution is 2.31. The summed E-state index contributed by atoms with van der Waals surface area (Å²) >= 11 is 9.19. The van der Waals surface area contributed by atoms with Crippen LogP contribution in [-0.2, 0) is 12.2 Å².